The van der Waals surface area contributed by atoms with Crippen molar-refractivity contribution in [3.05, 3.63) is 23.8 Å². The molecule has 2 amide bonds. The molecule has 1 aromatic carbocycles. The number of aliphatic hydroxyl groups excluding tert-OH is 1. The Morgan fingerprint density at radius 1 is 0.978 bits per heavy atom. The topological polar surface area (TPSA) is 125 Å². The second-order valence-corrected chi connectivity index (χ2v) is 14.0. The molecule has 10 nitrogen and oxygen atoms in total. The van der Waals surface area contributed by atoms with Gasteiger partial charge in [-0.25, -0.2) is 4.79 Å². The Morgan fingerprint density at radius 3 is 2.22 bits per heavy atom. The quantitative estimate of drug-likeness (QED) is 0.180. The predicted octanol–water partition coefficient (Wildman–Crippen LogP) is 5.53. The minimum atomic E-state index is -0.961. The molecule has 3 N–H and O–H groups in total. The molecular formula is C35H60N2O8. The first-order valence-corrected chi connectivity index (χ1v) is 16.6. The fraction of sp³-hybridized carbons (Fsp3) is 0.771. The van der Waals surface area contributed by atoms with Crippen LogP contribution in [0.3, 0.4) is 0 Å². The number of benzene rings is 1. The smallest absolute Gasteiger partial charge is 0.407 e. The van der Waals surface area contributed by atoms with Crippen molar-refractivity contribution in [2.24, 2.45) is 23.7 Å². The van der Waals surface area contributed by atoms with E-state index in [4.69, 9.17) is 23.7 Å². The molecule has 10 heteroatoms. The van der Waals surface area contributed by atoms with Gasteiger partial charge >= 0.3 is 6.09 Å². The second-order valence-electron chi connectivity index (χ2n) is 14.0. The van der Waals surface area contributed by atoms with E-state index < -0.39 is 29.8 Å². The number of nitrogens with one attached hydrogen (secondary N) is 2. The average Bonchev–Trinajstić information content (AvgIpc) is 2.96. The van der Waals surface area contributed by atoms with Crippen molar-refractivity contribution in [1.82, 2.24) is 10.6 Å². The Bertz CT molecular complexity index is 1020. The maximum atomic E-state index is 13.4. The fourth-order valence-corrected chi connectivity index (χ4v) is 5.59. The maximum Gasteiger partial charge on any atom is 0.407 e. The van der Waals surface area contributed by atoms with Crippen molar-refractivity contribution in [1.29, 1.82) is 0 Å². The van der Waals surface area contributed by atoms with E-state index in [0.717, 1.165) is 30.6 Å². The van der Waals surface area contributed by atoms with Gasteiger partial charge in [0.25, 0.3) is 0 Å². The van der Waals surface area contributed by atoms with Crippen LogP contribution in [-0.2, 0) is 25.4 Å². The van der Waals surface area contributed by atoms with Gasteiger partial charge in [-0.1, -0.05) is 27.7 Å². The lowest BCUT2D eigenvalue weighted by Gasteiger charge is -2.34. The Balaban J connectivity index is 2.27. The van der Waals surface area contributed by atoms with Crippen molar-refractivity contribution >= 4 is 12.0 Å². The summed E-state index contributed by atoms with van der Waals surface area (Å²) >= 11 is 0. The van der Waals surface area contributed by atoms with Crippen LogP contribution in [0.5, 0.6) is 11.5 Å². The highest BCUT2D eigenvalue weighted by Gasteiger charge is 2.34. The highest BCUT2D eigenvalue weighted by molar-refractivity contribution is 5.79. The minimum Gasteiger partial charge on any atom is -0.497 e. The summed E-state index contributed by atoms with van der Waals surface area (Å²) in [5.41, 5.74) is 0.345. The van der Waals surface area contributed by atoms with Crippen molar-refractivity contribution in [2.45, 2.75) is 111 Å². The first-order chi connectivity index (χ1) is 21.2. The second kappa shape index (κ2) is 19.2. The number of hydrogen-bond donors (Lipinski definition) is 3. The molecule has 0 aliphatic carbocycles. The van der Waals surface area contributed by atoms with E-state index in [0.29, 0.717) is 45.0 Å². The lowest BCUT2D eigenvalue weighted by molar-refractivity contribution is -0.129. The first kappa shape index (κ1) is 38.6. The zero-order chi connectivity index (χ0) is 33.6. The van der Waals surface area contributed by atoms with Gasteiger partial charge in [0.15, 0.2) is 0 Å². The Labute approximate surface area is 271 Å². The van der Waals surface area contributed by atoms with Crippen molar-refractivity contribution in [3.8, 4) is 11.5 Å². The van der Waals surface area contributed by atoms with Crippen molar-refractivity contribution < 1.29 is 38.4 Å². The summed E-state index contributed by atoms with van der Waals surface area (Å²) < 4.78 is 27.7. The highest BCUT2D eigenvalue weighted by Crippen LogP contribution is 2.30. The largest absolute Gasteiger partial charge is 0.497 e. The van der Waals surface area contributed by atoms with Gasteiger partial charge in [-0.3, -0.25) is 4.79 Å². The standard InChI is InChI=1S/C35H60N2O8/c1-23(2)26(17-25-18-28(42-9)21-29(19-25)44-14-10-13-41-8)20-31(37-34(40)45-35(5,6)7)32(38)22-30(24(3)4)33(39)36-27-11-15-43-16-12-27/h18-19,21,23-24,26-27,30-32,38H,10-17,20,22H2,1-9H3,(H,36,39)(H,37,40)/t26-,30+,31+,32-/m1/s1. The summed E-state index contributed by atoms with van der Waals surface area (Å²) in [5, 5.41) is 17.8. The van der Waals surface area contributed by atoms with Crippen LogP contribution in [0.4, 0.5) is 4.79 Å². The summed E-state index contributed by atoms with van der Waals surface area (Å²) in [5.74, 6) is 1.26. The Kier molecular flexibility index (Phi) is 16.5. The van der Waals surface area contributed by atoms with E-state index in [1.807, 2.05) is 52.8 Å². The number of methoxy groups -OCH3 is 2. The third-order valence-electron chi connectivity index (χ3n) is 8.31. The lowest BCUT2D eigenvalue weighted by Crippen LogP contribution is -2.49. The molecule has 1 heterocycles. The molecule has 1 saturated heterocycles. The van der Waals surface area contributed by atoms with Crippen LogP contribution in [0.15, 0.2) is 18.2 Å². The maximum absolute atomic E-state index is 13.4. The van der Waals surface area contributed by atoms with Gasteiger partial charge in [-0.2, -0.15) is 0 Å². The van der Waals surface area contributed by atoms with Crippen LogP contribution in [0.25, 0.3) is 0 Å². The number of rotatable bonds is 18. The van der Waals surface area contributed by atoms with Gasteiger partial charge in [0.05, 0.1) is 25.9 Å². The molecule has 0 saturated carbocycles. The van der Waals surface area contributed by atoms with E-state index in [2.05, 4.69) is 24.5 Å². The minimum absolute atomic E-state index is 0.00153. The van der Waals surface area contributed by atoms with Crippen LogP contribution in [0, 0.1) is 23.7 Å². The SMILES string of the molecule is COCCCOc1cc(C[C@H](C[C@H](NC(=O)OC(C)(C)C)[C@H](O)C[C@H](C(=O)NC2CCOCC2)C(C)C)C(C)C)cc(OC)c1. The lowest BCUT2D eigenvalue weighted by atomic mass is 9.80. The summed E-state index contributed by atoms with van der Waals surface area (Å²) in [7, 11) is 3.30. The van der Waals surface area contributed by atoms with Crippen LogP contribution >= 0.6 is 0 Å². The van der Waals surface area contributed by atoms with E-state index in [1.165, 1.54) is 0 Å². The summed E-state index contributed by atoms with van der Waals surface area (Å²) in [6.45, 7) is 16.1. The molecule has 1 aliphatic heterocycles. The molecule has 0 spiro atoms. The van der Waals surface area contributed by atoms with Gasteiger partial charge in [-0.15, -0.1) is 0 Å². The van der Waals surface area contributed by atoms with Crippen LogP contribution in [0.1, 0.15) is 86.1 Å². The van der Waals surface area contributed by atoms with Gasteiger partial charge in [-0.05, 0) is 88.3 Å². The molecule has 1 aliphatic rings. The molecule has 1 aromatic rings. The summed E-state index contributed by atoms with van der Waals surface area (Å²) in [4.78, 5) is 26.4. The number of aliphatic hydroxyl groups is 1. The average molecular weight is 637 g/mol. The zero-order valence-electron chi connectivity index (χ0n) is 29.1. The van der Waals surface area contributed by atoms with Gasteiger partial charge in [0.1, 0.15) is 17.1 Å². The van der Waals surface area contributed by atoms with E-state index in [9.17, 15) is 14.7 Å². The fourth-order valence-electron chi connectivity index (χ4n) is 5.59. The molecule has 1 fully saturated rings. The molecular weight excluding hydrogens is 576 g/mol. The van der Waals surface area contributed by atoms with Crippen LogP contribution in [-0.4, -0.2) is 81.5 Å². The Hall–Kier alpha value is -2.56. The van der Waals surface area contributed by atoms with Crippen molar-refractivity contribution in [3.63, 3.8) is 0 Å². The molecule has 0 bridgehead atoms. The van der Waals surface area contributed by atoms with E-state index >= 15 is 0 Å². The van der Waals surface area contributed by atoms with Gasteiger partial charge < -0.3 is 39.4 Å². The monoisotopic (exact) mass is 636 g/mol. The normalized spacial score (nSPS) is 17.0. The molecule has 0 radical (unpaired) electrons. The third kappa shape index (κ3) is 14.6. The summed E-state index contributed by atoms with van der Waals surface area (Å²) in [6, 6.07) is 5.34. The molecule has 0 unspecified atom stereocenters. The number of alkyl carbamates (subject to hydrolysis) is 1. The number of hydrogen-bond acceptors (Lipinski definition) is 8. The molecule has 45 heavy (non-hydrogen) atoms. The Morgan fingerprint density at radius 2 is 1.64 bits per heavy atom. The van der Waals surface area contributed by atoms with Gasteiger partial charge in [0, 0.05) is 51.4 Å². The number of carbonyl (C=O) groups excluding carboxylic acids is 2. The molecule has 258 valence electrons. The molecule has 4 atom stereocenters. The summed E-state index contributed by atoms with van der Waals surface area (Å²) in [6.07, 6.45) is 2.18. The van der Waals surface area contributed by atoms with E-state index in [-0.39, 0.29) is 36.1 Å². The van der Waals surface area contributed by atoms with Crippen LogP contribution < -0.4 is 20.1 Å². The predicted molar refractivity (Wildman–Crippen MR) is 176 cm³/mol. The number of amides is 2. The van der Waals surface area contributed by atoms with Crippen molar-refractivity contribution in [2.75, 3.05) is 40.6 Å². The van der Waals surface area contributed by atoms with Gasteiger partial charge in [0.2, 0.25) is 5.91 Å². The number of carbonyl (C=O) groups is 2. The highest BCUT2D eigenvalue weighted by atomic mass is 16.6. The van der Waals surface area contributed by atoms with E-state index in [1.54, 1.807) is 14.2 Å². The first-order valence-electron chi connectivity index (χ1n) is 16.6. The molecule has 0 aromatic heterocycles. The third-order valence-corrected chi connectivity index (χ3v) is 8.31. The molecule has 2 rings (SSSR count). The zero-order valence-corrected chi connectivity index (χ0v) is 29.1. The van der Waals surface area contributed by atoms with Crippen LogP contribution in [0.2, 0.25) is 0 Å². The number of ether oxygens (including phenoxy) is 5.